The Morgan fingerprint density at radius 1 is 1.15 bits per heavy atom. The van der Waals surface area contributed by atoms with Gasteiger partial charge in [-0.25, -0.2) is 0 Å². The van der Waals surface area contributed by atoms with Crippen molar-refractivity contribution in [2.45, 2.75) is 26.7 Å². The average Bonchev–Trinajstić information content (AvgIpc) is 3.33. The van der Waals surface area contributed by atoms with E-state index in [1.165, 1.54) is 10.1 Å². The fraction of sp³-hybridized carbons (Fsp3) is 0.462. The van der Waals surface area contributed by atoms with Crippen LogP contribution < -0.4 is 15.1 Å². The molecule has 0 radical (unpaired) electrons. The second-order valence-corrected chi connectivity index (χ2v) is 9.37. The topological polar surface area (TPSA) is 62.2 Å². The van der Waals surface area contributed by atoms with E-state index in [0.29, 0.717) is 18.3 Å². The Hall–Kier alpha value is -2.68. The van der Waals surface area contributed by atoms with E-state index in [2.05, 4.69) is 74.9 Å². The average molecular weight is 482 g/mol. The van der Waals surface area contributed by atoms with Crippen molar-refractivity contribution in [3.8, 4) is 5.88 Å². The van der Waals surface area contributed by atoms with Gasteiger partial charge < -0.3 is 14.4 Å². The van der Waals surface area contributed by atoms with E-state index in [-0.39, 0.29) is 0 Å². The van der Waals surface area contributed by atoms with Crippen LogP contribution in [0.4, 0.5) is 11.5 Å². The van der Waals surface area contributed by atoms with Crippen molar-refractivity contribution in [1.29, 1.82) is 0 Å². The molecule has 1 aliphatic heterocycles. The van der Waals surface area contributed by atoms with Gasteiger partial charge in [-0.1, -0.05) is 19.9 Å². The summed E-state index contributed by atoms with van der Waals surface area (Å²) in [5, 5.41) is 7.81. The highest BCUT2D eigenvalue weighted by Gasteiger charge is 2.12. The first-order valence-electron chi connectivity index (χ1n) is 12.2. The number of nitrogens with zero attached hydrogens (tertiary/aromatic N) is 4. The fourth-order valence-corrected chi connectivity index (χ4v) is 4.83. The first kappa shape index (κ1) is 24.4. The number of nitrogens with one attached hydrogen (secondary N) is 1. The van der Waals surface area contributed by atoms with Gasteiger partial charge in [0.2, 0.25) is 5.88 Å². The van der Waals surface area contributed by atoms with Crippen LogP contribution in [0.1, 0.15) is 32.3 Å². The maximum Gasteiger partial charge on any atom is 0.217 e. The van der Waals surface area contributed by atoms with Crippen molar-refractivity contribution in [2.75, 3.05) is 62.9 Å². The lowest BCUT2D eigenvalue weighted by molar-refractivity contribution is 0.0320. The zero-order chi connectivity index (χ0) is 23.6. The van der Waals surface area contributed by atoms with E-state index in [0.717, 1.165) is 70.0 Å². The Morgan fingerprint density at radius 2 is 1.97 bits per heavy atom. The Bertz CT molecular complexity index is 1060. The van der Waals surface area contributed by atoms with Gasteiger partial charge in [-0.3, -0.25) is 10.3 Å². The number of pyridine rings is 1. The minimum absolute atomic E-state index is 0.599. The van der Waals surface area contributed by atoms with E-state index in [4.69, 9.17) is 9.47 Å². The molecule has 0 atom stereocenters. The van der Waals surface area contributed by atoms with Crippen LogP contribution in [-0.2, 0) is 4.74 Å². The summed E-state index contributed by atoms with van der Waals surface area (Å²) in [6, 6.07) is 12.6. The molecule has 0 saturated carbocycles. The number of hydrogen-bond acceptors (Lipinski definition) is 8. The number of benzene rings is 1. The molecule has 2 aromatic heterocycles. The normalized spacial score (nSPS) is 14.6. The Morgan fingerprint density at radius 3 is 2.76 bits per heavy atom. The van der Waals surface area contributed by atoms with E-state index in [9.17, 15) is 0 Å². The molecule has 7 nitrogen and oxygen atoms in total. The molecular formula is C26H35N5O2S. The van der Waals surface area contributed by atoms with Crippen LogP contribution in [-0.4, -0.2) is 68.6 Å². The summed E-state index contributed by atoms with van der Waals surface area (Å²) >= 11 is 1.75. The van der Waals surface area contributed by atoms with Crippen molar-refractivity contribution >= 4 is 39.1 Å². The van der Waals surface area contributed by atoms with Gasteiger partial charge >= 0.3 is 0 Å². The third-order valence-electron chi connectivity index (χ3n) is 5.77. The lowest BCUT2D eigenvalue weighted by atomic mass is 10.2. The zero-order valence-electron chi connectivity index (χ0n) is 20.2. The summed E-state index contributed by atoms with van der Waals surface area (Å²) < 4.78 is 12.8. The fourth-order valence-electron chi connectivity index (χ4n) is 4.06. The van der Waals surface area contributed by atoms with Crippen LogP contribution in [0, 0.1) is 0 Å². The second kappa shape index (κ2) is 12.7. The lowest BCUT2D eigenvalue weighted by Crippen LogP contribution is -2.38. The molecule has 182 valence electrons. The highest BCUT2D eigenvalue weighted by atomic mass is 32.1. The van der Waals surface area contributed by atoms with Crippen LogP contribution in [0.25, 0.3) is 10.1 Å². The number of thiophene rings is 1. The number of anilines is 2. The monoisotopic (exact) mass is 481 g/mol. The van der Waals surface area contributed by atoms with Crippen molar-refractivity contribution in [3.63, 3.8) is 0 Å². The SMILES string of the molecule is CCCN(CCC)c1cc(N/N=C/c2ccc3sccc3c2)nc(OCCN2CCOCC2)c1. The summed E-state index contributed by atoms with van der Waals surface area (Å²) in [5.41, 5.74) is 5.28. The number of hydrogen-bond donors (Lipinski definition) is 1. The molecule has 0 amide bonds. The van der Waals surface area contributed by atoms with Crippen LogP contribution >= 0.6 is 11.3 Å². The van der Waals surface area contributed by atoms with Gasteiger partial charge in [-0.05, 0) is 47.4 Å². The summed E-state index contributed by atoms with van der Waals surface area (Å²) in [6.07, 6.45) is 4.00. The quantitative estimate of drug-likeness (QED) is 0.288. The van der Waals surface area contributed by atoms with Crippen LogP contribution in [0.3, 0.4) is 0 Å². The van der Waals surface area contributed by atoms with Crippen molar-refractivity contribution in [3.05, 3.63) is 47.3 Å². The number of aromatic nitrogens is 1. The van der Waals surface area contributed by atoms with Gasteiger partial charge in [0.25, 0.3) is 0 Å². The predicted octanol–water partition coefficient (Wildman–Crippen LogP) is 5.08. The number of fused-ring (bicyclic) bond motifs is 1. The van der Waals surface area contributed by atoms with Crippen molar-refractivity contribution in [2.24, 2.45) is 5.10 Å². The third-order valence-corrected chi connectivity index (χ3v) is 6.67. The molecular weight excluding hydrogens is 446 g/mol. The molecule has 1 N–H and O–H groups in total. The van der Waals surface area contributed by atoms with Crippen LogP contribution in [0.5, 0.6) is 5.88 Å². The third kappa shape index (κ3) is 6.91. The first-order valence-corrected chi connectivity index (χ1v) is 13.1. The number of hydrazone groups is 1. The Labute approximate surface area is 206 Å². The van der Waals surface area contributed by atoms with Crippen molar-refractivity contribution in [1.82, 2.24) is 9.88 Å². The number of rotatable bonds is 12. The maximum atomic E-state index is 6.09. The van der Waals surface area contributed by atoms with E-state index < -0.39 is 0 Å². The zero-order valence-corrected chi connectivity index (χ0v) is 21.0. The molecule has 1 aromatic carbocycles. The Balaban J connectivity index is 1.46. The molecule has 3 heterocycles. The molecule has 3 aromatic rings. The smallest absolute Gasteiger partial charge is 0.217 e. The Kier molecular flexibility index (Phi) is 9.12. The van der Waals surface area contributed by atoms with E-state index in [1.807, 2.05) is 12.3 Å². The van der Waals surface area contributed by atoms with Gasteiger partial charge in [-0.2, -0.15) is 10.1 Å². The van der Waals surface area contributed by atoms with Gasteiger partial charge in [-0.15, -0.1) is 11.3 Å². The second-order valence-electron chi connectivity index (χ2n) is 8.43. The largest absolute Gasteiger partial charge is 0.476 e. The summed E-state index contributed by atoms with van der Waals surface area (Å²) in [5.74, 6) is 1.31. The molecule has 34 heavy (non-hydrogen) atoms. The van der Waals surface area contributed by atoms with E-state index in [1.54, 1.807) is 11.3 Å². The van der Waals surface area contributed by atoms with E-state index >= 15 is 0 Å². The molecule has 1 fully saturated rings. The lowest BCUT2D eigenvalue weighted by Gasteiger charge is -2.26. The minimum Gasteiger partial charge on any atom is -0.476 e. The molecule has 8 heteroatoms. The maximum absolute atomic E-state index is 6.09. The predicted molar refractivity (Wildman–Crippen MR) is 143 cm³/mol. The molecule has 0 unspecified atom stereocenters. The highest BCUT2D eigenvalue weighted by Crippen LogP contribution is 2.25. The molecule has 0 aliphatic carbocycles. The van der Waals surface area contributed by atoms with Crippen LogP contribution in [0.2, 0.25) is 0 Å². The summed E-state index contributed by atoms with van der Waals surface area (Å²) in [6.45, 7) is 11.4. The summed E-state index contributed by atoms with van der Waals surface area (Å²) in [7, 11) is 0. The number of ether oxygens (including phenoxy) is 2. The summed E-state index contributed by atoms with van der Waals surface area (Å²) in [4.78, 5) is 9.42. The highest BCUT2D eigenvalue weighted by molar-refractivity contribution is 7.17. The molecule has 1 saturated heterocycles. The number of morpholine rings is 1. The molecule has 4 rings (SSSR count). The van der Waals surface area contributed by atoms with Gasteiger partial charge in [0, 0.05) is 55.2 Å². The van der Waals surface area contributed by atoms with Crippen molar-refractivity contribution < 1.29 is 9.47 Å². The molecule has 0 spiro atoms. The van der Waals surface area contributed by atoms with Gasteiger partial charge in [0.15, 0.2) is 5.82 Å². The van der Waals surface area contributed by atoms with Gasteiger partial charge in [0.1, 0.15) is 6.61 Å². The standard InChI is InChI=1S/C26H35N5O2S/c1-3-8-31(9-4-2)23-18-25(28-26(19-23)33-15-12-30-10-13-32-14-11-30)29-27-20-21-5-6-24-22(17-21)7-16-34-24/h5-7,16-20H,3-4,8-15H2,1-2H3,(H,28,29)/b27-20+. The first-order chi connectivity index (χ1) is 16.7. The van der Waals surface area contributed by atoms with Gasteiger partial charge in [0.05, 0.1) is 19.4 Å². The minimum atomic E-state index is 0.599. The molecule has 0 bridgehead atoms. The van der Waals surface area contributed by atoms with Crippen LogP contribution in [0.15, 0.2) is 46.9 Å². The molecule has 1 aliphatic rings.